The Morgan fingerprint density at radius 2 is 2.33 bits per heavy atom. The molecule has 0 saturated carbocycles. The van der Waals surface area contributed by atoms with E-state index in [2.05, 4.69) is 11.9 Å². The summed E-state index contributed by atoms with van der Waals surface area (Å²) in [4.78, 5) is 12.9. The second kappa shape index (κ2) is 4.89. The van der Waals surface area contributed by atoms with E-state index in [9.17, 15) is 4.79 Å². The van der Waals surface area contributed by atoms with Crippen molar-refractivity contribution in [3.63, 3.8) is 0 Å². The Hall–Kier alpha value is -1.09. The molecule has 94 valence electrons. The fraction of sp³-hybridized carbons (Fsp3) is 0.429. The van der Waals surface area contributed by atoms with E-state index in [0.717, 1.165) is 17.4 Å². The van der Waals surface area contributed by atoms with E-state index in [1.54, 1.807) is 0 Å². The average Bonchev–Trinajstić information content (AvgIpc) is 2.28. The quantitative estimate of drug-likeness (QED) is 0.833. The zero-order valence-corrected chi connectivity index (χ0v) is 11.6. The number of hydrogen-bond donors (Lipinski definition) is 1. The topological polar surface area (TPSA) is 29.1 Å². The first-order valence-electron chi connectivity index (χ1n) is 6.24. The van der Waals surface area contributed by atoms with Gasteiger partial charge in [-0.25, -0.2) is 0 Å². The molecule has 1 aliphatic rings. The van der Waals surface area contributed by atoms with Gasteiger partial charge in [0.1, 0.15) is 0 Å². The van der Waals surface area contributed by atoms with Gasteiger partial charge in [-0.3, -0.25) is 0 Å². The molecule has 2 rings (SSSR count). The second-order valence-electron chi connectivity index (χ2n) is 5.01. The monoisotopic (exact) mass is 261 g/mol. The average molecular weight is 262 g/mol. The van der Waals surface area contributed by atoms with Crippen molar-refractivity contribution in [2.75, 3.05) is 0 Å². The van der Waals surface area contributed by atoms with Gasteiger partial charge >= 0.3 is 113 Å². The van der Waals surface area contributed by atoms with E-state index in [1.807, 2.05) is 39.0 Å². The van der Waals surface area contributed by atoms with Crippen molar-refractivity contribution in [2.24, 2.45) is 0 Å². The first-order valence-corrected chi connectivity index (χ1v) is 6.62. The van der Waals surface area contributed by atoms with Gasteiger partial charge in [0.05, 0.1) is 0 Å². The summed E-state index contributed by atoms with van der Waals surface area (Å²) in [5.41, 5.74) is 1.83. The molecule has 0 radical (unpaired) electrons. The van der Waals surface area contributed by atoms with Gasteiger partial charge in [-0.15, -0.1) is 0 Å². The molecule has 0 bridgehead atoms. The summed E-state index contributed by atoms with van der Waals surface area (Å²) in [5.74, 6) is -0.0202. The van der Waals surface area contributed by atoms with E-state index in [4.69, 9.17) is 11.6 Å². The molecule has 0 fully saturated rings. The predicted molar refractivity (Wildman–Crippen MR) is 76.1 cm³/mol. The Labute approximate surface area is 114 Å². The van der Waals surface area contributed by atoms with Gasteiger partial charge in [-0.1, -0.05) is 0 Å². The summed E-state index contributed by atoms with van der Waals surface area (Å²) < 4.78 is 0. The molecular weight excluding hydrogens is 244 g/mol. The van der Waals surface area contributed by atoms with Crippen LogP contribution in [0.3, 0.4) is 0 Å². The van der Waals surface area contributed by atoms with Crippen molar-refractivity contribution in [1.82, 2.24) is 5.32 Å². The Bertz CT molecular complexity index is 503. The number of rotatable bonds is 3. The molecule has 18 heavy (non-hydrogen) atoms. The number of fused-ring (bicyclic) bond motifs is 1. The molecular formula is C14H17BClNO. The first kappa shape index (κ1) is 13.3. The van der Waals surface area contributed by atoms with E-state index < -0.39 is 0 Å². The van der Waals surface area contributed by atoms with Crippen molar-refractivity contribution in [2.45, 2.75) is 38.1 Å². The minimum absolute atomic E-state index is 0.0802. The molecule has 1 amide bonds. The minimum atomic E-state index is -0.371. The van der Waals surface area contributed by atoms with Crippen LogP contribution in [0.1, 0.15) is 43.6 Å². The Kier molecular flexibility index (Phi) is 3.62. The summed E-state index contributed by atoms with van der Waals surface area (Å²) in [5, 5.41) is 3.12. The number of nitrogens with one attached hydrogen (secondary N) is 1. The van der Waals surface area contributed by atoms with Gasteiger partial charge in [0.2, 0.25) is 0 Å². The van der Waals surface area contributed by atoms with Crippen molar-refractivity contribution in [3.8, 4) is 0 Å². The normalized spacial score (nSPS) is 26.2. The number of carbonyl (C=O) groups excluding carboxylic acids is 1. The molecule has 1 N–H and O–H groups in total. The summed E-state index contributed by atoms with van der Waals surface area (Å²) in [7, 11) is 0. The molecule has 0 saturated heterocycles. The van der Waals surface area contributed by atoms with Crippen LogP contribution in [0.5, 0.6) is 0 Å². The fourth-order valence-electron chi connectivity index (χ4n) is 2.75. The zero-order valence-electron chi connectivity index (χ0n) is 10.8. The van der Waals surface area contributed by atoms with Crippen LogP contribution < -0.4 is 5.32 Å². The molecule has 4 heteroatoms. The van der Waals surface area contributed by atoms with Crippen LogP contribution in [0, 0.1) is 0 Å². The number of halogens is 1. The summed E-state index contributed by atoms with van der Waals surface area (Å²) in [6.45, 7) is 9.75. The van der Waals surface area contributed by atoms with Crippen molar-refractivity contribution >= 4 is 24.4 Å². The van der Waals surface area contributed by atoms with Gasteiger partial charge in [-0.05, 0) is 0 Å². The van der Waals surface area contributed by atoms with Crippen LogP contribution in [0.15, 0.2) is 24.8 Å². The molecule has 0 spiro atoms. The Morgan fingerprint density at radius 1 is 1.61 bits per heavy atom. The molecule has 2 heterocycles. The molecule has 2 atom stereocenters. The Balaban J connectivity index is 2.60. The number of carbonyl (C=O) groups is 1. The van der Waals surface area contributed by atoms with E-state index in [1.165, 1.54) is 0 Å². The number of hydrogen-bond acceptors (Lipinski definition) is 1. The molecule has 1 aromatic heterocycles. The van der Waals surface area contributed by atoms with Crippen LogP contribution in [0.25, 0.3) is 0 Å². The molecule has 0 aliphatic carbocycles. The third-order valence-corrected chi connectivity index (χ3v) is 3.89. The SMILES string of the molecule is C=CCC1(C)NC(=O)C(CC)c2bc(Cl)ccc21. The molecule has 1 aromatic rings. The fourth-order valence-corrected chi connectivity index (χ4v) is 2.93. The van der Waals surface area contributed by atoms with Crippen LogP contribution in [0.4, 0.5) is 0 Å². The van der Waals surface area contributed by atoms with Crippen LogP contribution in [-0.2, 0) is 10.3 Å². The first-order chi connectivity index (χ1) is 8.51. The third-order valence-electron chi connectivity index (χ3n) is 3.66. The number of amides is 1. The van der Waals surface area contributed by atoms with E-state index in [-0.39, 0.29) is 17.4 Å². The maximum absolute atomic E-state index is 12.2. The summed E-state index contributed by atoms with van der Waals surface area (Å²) >= 11 is 6.06. The standard InChI is InChI=1S/C14H17BClNO/c1-4-8-14(3)10-6-7-11(16)15-12(10)9(5-2)13(18)17-14/h4,6-7,9H,1,5,8H2,2-3H3,(H,17,18). The van der Waals surface area contributed by atoms with Crippen molar-refractivity contribution in [1.29, 1.82) is 0 Å². The van der Waals surface area contributed by atoms with Crippen molar-refractivity contribution < 1.29 is 4.79 Å². The predicted octanol–water partition coefficient (Wildman–Crippen LogP) is 3.09. The second-order valence-corrected chi connectivity index (χ2v) is 5.44. The van der Waals surface area contributed by atoms with Crippen molar-refractivity contribution in [3.05, 3.63) is 40.7 Å². The van der Waals surface area contributed by atoms with Crippen LogP contribution in [-0.4, -0.2) is 12.8 Å². The van der Waals surface area contributed by atoms with Gasteiger partial charge < -0.3 is 0 Å². The third kappa shape index (κ3) is 2.12. The van der Waals surface area contributed by atoms with Gasteiger partial charge in [0.15, 0.2) is 0 Å². The van der Waals surface area contributed by atoms with Crippen LogP contribution in [0.2, 0.25) is 4.92 Å². The summed E-state index contributed by atoms with van der Waals surface area (Å²) in [6.07, 6.45) is 3.33. The molecule has 2 unspecified atom stereocenters. The molecule has 0 aromatic carbocycles. The summed E-state index contributed by atoms with van der Waals surface area (Å²) in [6, 6.07) is 3.90. The molecule has 1 aliphatic heterocycles. The van der Waals surface area contributed by atoms with E-state index >= 15 is 0 Å². The molecule has 2 nitrogen and oxygen atoms in total. The van der Waals surface area contributed by atoms with E-state index in [0.29, 0.717) is 11.3 Å². The van der Waals surface area contributed by atoms with Gasteiger partial charge in [0.25, 0.3) is 0 Å². The Morgan fingerprint density at radius 3 is 2.94 bits per heavy atom. The maximum atomic E-state index is 12.2. The van der Waals surface area contributed by atoms with Gasteiger partial charge in [-0.2, -0.15) is 0 Å². The van der Waals surface area contributed by atoms with Crippen LogP contribution >= 0.6 is 11.6 Å². The van der Waals surface area contributed by atoms with Gasteiger partial charge in [0, 0.05) is 0 Å². The zero-order chi connectivity index (χ0) is 13.3.